The van der Waals surface area contributed by atoms with Gasteiger partial charge in [-0.1, -0.05) is 39.8 Å². The van der Waals surface area contributed by atoms with Crippen molar-refractivity contribution >= 4 is 5.97 Å². The molecule has 94 valence electrons. The van der Waals surface area contributed by atoms with Gasteiger partial charge in [-0.3, -0.25) is 4.79 Å². The molecule has 0 fully saturated rings. The normalized spacial score (nSPS) is 15.4. The molecule has 0 aliphatic heterocycles. The lowest BCUT2D eigenvalue weighted by molar-refractivity contribution is -0.147. The summed E-state index contributed by atoms with van der Waals surface area (Å²) < 4.78 is 5.17. The fourth-order valence-electron chi connectivity index (χ4n) is 1.38. The fourth-order valence-corrected chi connectivity index (χ4v) is 1.38. The Balaban J connectivity index is 3.72. The SMILES string of the molecule is CC=CCC(C)C(C)CCOC(=O)C(C)C. The largest absolute Gasteiger partial charge is 0.465 e. The molecule has 0 amide bonds. The molecule has 0 aliphatic carbocycles. The topological polar surface area (TPSA) is 26.3 Å². The van der Waals surface area contributed by atoms with Gasteiger partial charge in [0.1, 0.15) is 0 Å². The number of esters is 1. The van der Waals surface area contributed by atoms with Gasteiger partial charge in [-0.2, -0.15) is 0 Å². The summed E-state index contributed by atoms with van der Waals surface area (Å²) >= 11 is 0. The summed E-state index contributed by atoms with van der Waals surface area (Å²) in [5.41, 5.74) is 0. The number of hydrogen-bond acceptors (Lipinski definition) is 2. The molecule has 0 aromatic heterocycles. The van der Waals surface area contributed by atoms with Crippen LogP contribution in [0.2, 0.25) is 0 Å². The summed E-state index contributed by atoms with van der Waals surface area (Å²) in [5, 5.41) is 0. The quantitative estimate of drug-likeness (QED) is 0.487. The van der Waals surface area contributed by atoms with Crippen molar-refractivity contribution in [2.45, 2.75) is 47.5 Å². The van der Waals surface area contributed by atoms with Crippen molar-refractivity contribution < 1.29 is 9.53 Å². The van der Waals surface area contributed by atoms with E-state index in [0.717, 1.165) is 12.8 Å². The van der Waals surface area contributed by atoms with Gasteiger partial charge < -0.3 is 4.74 Å². The van der Waals surface area contributed by atoms with Gasteiger partial charge in [0.25, 0.3) is 0 Å². The van der Waals surface area contributed by atoms with Gasteiger partial charge in [0.05, 0.1) is 12.5 Å². The molecule has 0 heterocycles. The van der Waals surface area contributed by atoms with Crippen LogP contribution in [-0.4, -0.2) is 12.6 Å². The van der Waals surface area contributed by atoms with E-state index in [9.17, 15) is 4.79 Å². The van der Waals surface area contributed by atoms with E-state index in [2.05, 4.69) is 26.0 Å². The summed E-state index contributed by atoms with van der Waals surface area (Å²) in [6.07, 6.45) is 6.34. The zero-order valence-electron chi connectivity index (χ0n) is 11.3. The second kappa shape index (κ2) is 8.37. The molecule has 0 aliphatic rings. The van der Waals surface area contributed by atoms with Crippen molar-refractivity contribution in [1.82, 2.24) is 0 Å². The Kier molecular flexibility index (Phi) is 7.96. The predicted octanol–water partition coefficient (Wildman–Crippen LogP) is 3.81. The van der Waals surface area contributed by atoms with E-state index < -0.39 is 0 Å². The van der Waals surface area contributed by atoms with Crippen molar-refractivity contribution in [3.05, 3.63) is 12.2 Å². The average molecular weight is 226 g/mol. The van der Waals surface area contributed by atoms with Crippen LogP contribution in [0.4, 0.5) is 0 Å². The Morgan fingerprint density at radius 3 is 2.31 bits per heavy atom. The lowest BCUT2D eigenvalue weighted by atomic mass is 9.90. The predicted molar refractivity (Wildman–Crippen MR) is 68.2 cm³/mol. The maximum absolute atomic E-state index is 11.2. The maximum Gasteiger partial charge on any atom is 0.308 e. The summed E-state index contributed by atoms with van der Waals surface area (Å²) in [6.45, 7) is 10.8. The molecule has 0 aromatic rings. The monoisotopic (exact) mass is 226 g/mol. The van der Waals surface area contributed by atoms with Crippen LogP contribution in [0.25, 0.3) is 0 Å². The van der Waals surface area contributed by atoms with Crippen molar-refractivity contribution in [2.75, 3.05) is 6.61 Å². The summed E-state index contributed by atoms with van der Waals surface area (Å²) in [7, 11) is 0. The van der Waals surface area contributed by atoms with Gasteiger partial charge in [0.2, 0.25) is 0 Å². The minimum absolute atomic E-state index is 0.0178. The number of carbonyl (C=O) groups excluding carboxylic acids is 1. The zero-order chi connectivity index (χ0) is 12.6. The highest BCUT2D eigenvalue weighted by atomic mass is 16.5. The number of ether oxygens (including phenoxy) is 1. The summed E-state index contributed by atoms with van der Waals surface area (Å²) in [5.74, 6) is 1.13. The van der Waals surface area contributed by atoms with Crippen LogP contribution < -0.4 is 0 Å². The molecule has 16 heavy (non-hydrogen) atoms. The first-order valence-electron chi connectivity index (χ1n) is 6.26. The van der Waals surface area contributed by atoms with Crippen LogP contribution in [0.5, 0.6) is 0 Å². The van der Waals surface area contributed by atoms with Crippen LogP contribution in [0, 0.1) is 17.8 Å². The van der Waals surface area contributed by atoms with Crippen LogP contribution in [0.3, 0.4) is 0 Å². The summed E-state index contributed by atoms with van der Waals surface area (Å²) in [4.78, 5) is 11.2. The molecular weight excluding hydrogens is 200 g/mol. The highest BCUT2D eigenvalue weighted by Gasteiger charge is 2.13. The number of allylic oxidation sites excluding steroid dienone is 2. The highest BCUT2D eigenvalue weighted by Crippen LogP contribution is 2.19. The van der Waals surface area contributed by atoms with E-state index in [1.165, 1.54) is 0 Å². The van der Waals surface area contributed by atoms with E-state index in [0.29, 0.717) is 18.4 Å². The minimum Gasteiger partial charge on any atom is -0.465 e. The third kappa shape index (κ3) is 6.65. The molecule has 2 nitrogen and oxygen atoms in total. The Bertz CT molecular complexity index is 219. The number of carbonyl (C=O) groups is 1. The van der Waals surface area contributed by atoms with Crippen molar-refractivity contribution in [1.29, 1.82) is 0 Å². The lowest BCUT2D eigenvalue weighted by Crippen LogP contribution is -2.16. The molecule has 0 aromatic carbocycles. The Hall–Kier alpha value is -0.790. The molecular formula is C14H26O2. The number of rotatable bonds is 7. The third-order valence-corrected chi connectivity index (χ3v) is 3.00. The molecule has 0 spiro atoms. The molecule has 0 bridgehead atoms. The Labute approximate surface area is 100 Å². The van der Waals surface area contributed by atoms with Crippen LogP contribution >= 0.6 is 0 Å². The molecule has 2 heteroatoms. The first kappa shape index (κ1) is 15.2. The molecule has 0 radical (unpaired) electrons. The van der Waals surface area contributed by atoms with Crippen LogP contribution in [-0.2, 0) is 9.53 Å². The fraction of sp³-hybridized carbons (Fsp3) is 0.786. The van der Waals surface area contributed by atoms with E-state index in [1.807, 2.05) is 20.8 Å². The molecule has 0 rings (SSSR count). The van der Waals surface area contributed by atoms with Crippen LogP contribution in [0.1, 0.15) is 47.5 Å². The zero-order valence-corrected chi connectivity index (χ0v) is 11.3. The first-order chi connectivity index (χ1) is 7.49. The smallest absolute Gasteiger partial charge is 0.308 e. The molecule has 2 unspecified atom stereocenters. The molecule has 0 saturated carbocycles. The van der Waals surface area contributed by atoms with Gasteiger partial charge in [-0.25, -0.2) is 0 Å². The molecule has 0 N–H and O–H groups in total. The maximum atomic E-state index is 11.2. The van der Waals surface area contributed by atoms with E-state index in [-0.39, 0.29) is 11.9 Å². The minimum atomic E-state index is -0.0895. The van der Waals surface area contributed by atoms with Crippen LogP contribution in [0.15, 0.2) is 12.2 Å². The molecule has 0 saturated heterocycles. The van der Waals surface area contributed by atoms with E-state index in [1.54, 1.807) is 0 Å². The second-order valence-electron chi connectivity index (χ2n) is 4.87. The van der Waals surface area contributed by atoms with E-state index >= 15 is 0 Å². The standard InChI is InChI=1S/C14H26O2/c1-6-7-8-12(4)13(5)9-10-16-14(15)11(2)3/h6-7,11-13H,8-10H2,1-5H3. The lowest BCUT2D eigenvalue weighted by Gasteiger charge is -2.18. The average Bonchev–Trinajstić information content (AvgIpc) is 2.25. The summed E-state index contributed by atoms with van der Waals surface area (Å²) in [6, 6.07) is 0. The first-order valence-corrected chi connectivity index (χ1v) is 6.26. The Morgan fingerprint density at radius 1 is 1.19 bits per heavy atom. The molecule has 2 atom stereocenters. The van der Waals surface area contributed by atoms with Gasteiger partial charge in [-0.05, 0) is 31.6 Å². The van der Waals surface area contributed by atoms with Gasteiger partial charge in [0.15, 0.2) is 0 Å². The number of hydrogen-bond donors (Lipinski definition) is 0. The third-order valence-electron chi connectivity index (χ3n) is 3.00. The van der Waals surface area contributed by atoms with Crippen molar-refractivity contribution in [3.8, 4) is 0 Å². The van der Waals surface area contributed by atoms with Crippen molar-refractivity contribution in [2.24, 2.45) is 17.8 Å². The van der Waals surface area contributed by atoms with Gasteiger partial charge >= 0.3 is 5.97 Å². The van der Waals surface area contributed by atoms with Gasteiger partial charge in [0, 0.05) is 0 Å². The van der Waals surface area contributed by atoms with E-state index in [4.69, 9.17) is 4.74 Å². The van der Waals surface area contributed by atoms with Crippen molar-refractivity contribution in [3.63, 3.8) is 0 Å². The highest BCUT2D eigenvalue weighted by molar-refractivity contribution is 5.71. The van der Waals surface area contributed by atoms with Gasteiger partial charge in [-0.15, -0.1) is 0 Å². The second-order valence-corrected chi connectivity index (χ2v) is 4.87. The Morgan fingerprint density at radius 2 is 1.81 bits per heavy atom.